The predicted molar refractivity (Wildman–Crippen MR) is 71.1 cm³/mol. The van der Waals surface area contributed by atoms with Gasteiger partial charge in [-0.3, -0.25) is 9.59 Å². The van der Waals surface area contributed by atoms with Crippen molar-refractivity contribution in [2.75, 3.05) is 5.32 Å². The lowest BCUT2D eigenvalue weighted by atomic mass is 10.1. The molecule has 1 aliphatic rings. The molecule has 4 nitrogen and oxygen atoms in total. The van der Waals surface area contributed by atoms with Gasteiger partial charge in [0.05, 0.1) is 22.0 Å². The highest BCUT2D eigenvalue weighted by Crippen LogP contribution is 2.58. The summed E-state index contributed by atoms with van der Waals surface area (Å²) < 4.78 is 26.6. The number of carboxylic acid groups (broad SMARTS) is 1. The Morgan fingerprint density at radius 3 is 2.35 bits per heavy atom. The number of benzene rings is 1. The second-order valence-corrected chi connectivity index (χ2v) is 6.20. The zero-order valence-electron chi connectivity index (χ0n) is 10.7. The fourth-order valence-electron chi connectivity index (χ4n) is 2.42. The first kappa shape index (κ1) is 14.9. The number of anilines is 1. The molecule has 1 aliphatic carbocycles. The Morgan fingerprint density at radius 2 is 1.85 bits per heavy atom. The molecule has 0 aromatic heterocycles. The normalized spacial score (nSPS) is 23.2. The average Bonchev–Trinajstić information content (AvgIpc) is 2.89. The SMILES string of the molecule is CC1(C)C(C(=O)O)C1C(=O)Nc1cc(Br)c(F)cc1F. The third-order valence-electron chi connectivity index (χ3n) is 3.64. The first-order valence-electron chi connectivity index (χ1n) is 5.84. The van der Waals surface area contributed by atoms with Crippen molar-refractivity contribution in [2.45, 2.75) is 13.8 Å². The van der Waals surface area contributed by atoms with E-state index >= 15 is 0 Å². The summed E-state index contributed by atoms with van der Waals surface area (Å²) in [6, 6.07) is 1.75. The van der Waals surface area contributed by atoms with Gasteiger partial charge in [0.15, 0.2) is 0 Å². The maximum Gasteiger partial charge on any atom is 0.307 e. The smallest absolute Gasteiger partial charge is 0.307 e. The molecule has 1 amide bonds. The Labute approximate surface area is 122 Å². The van der Waals surface area contributed by atoms with Crippen LogP contribution in [0, 0.1) is 28.9 Å². The third kappa shape index (κ3) is 2.42. The highest BCUT2D eigenvalue weighted by Gasteiger charge is 2.65. The highest BCUT2D eigenvalue weighted by atomic mass is 79.9. The quantitative estimate of drug-likeness (QED) is 0.826. The molecular formula is C13H12BrF2NO3. The van der Waals surface area contributed by atoms with E-state index in [0.29, 0.717) is 6.07 Å². The Morgan fingerprint density at radius 1 is 1.25 bits per heavy atom. The second kappa shape index (κ2) is 4.80. The van der Waals surface area contributed by atoms with Gasteiger partial charge in [-0.05, 0) is 27.4 Å². The molecule has 1 aromatic carbocycles. The third-order valence-corrected chi connectivity index (χ3v) is 4.25. The lowest BCUT2D eigenvalue weighted by Crippen LogP contribution is -2.18. The molecule has 0 bridgehead atoms. The van der Waals surface area contributed by atoms with Crippen LogP contribution < -0.4 is 5.32 Å². The van der Waals surface area contributed by atoms with Crippen molar-refractivity contribution in [2.24, 2.45) is 17.3 Å². The largest absolute Gasteiger partial charge is 0.481 e. The summed E-state index contributed by atoms with van der Waals surface area (Å²) in [6.07, 6.45) is 0. The fraction of sp³-hybridized carbons (Fsp3) is 0.385. The Balaban J connectivity index is 2.18. The molecule has 2 rings (SSSR count). The number of halogens is 3. The van der Waals surface area contributed by atoms with E-state index in [9.17, 15) is 18.4 Å². The van der Waals surface area contributed by atoms with Crippen LogP contribution >= 0.6 is 15.9 Å². The van der Waals surface area contributed by atoms with E-state index < -0.39 is 40.8 Å². The summed E-state index contributed by atoms with van der Waals surface area (Å²) in [7, 11) is 0. The minimum atomic E-state index is -1.06. The minimum absolute atomic E-state index is 0.0130. The van der Waals surface area contributed by atoms with Crippen molar-refractivity contribution in [3.8, 4) is 0 Å². The zero-order valence-corrected chi connectivity index (χ0v) is 12.3. The Hall–Kier alpha value is -1.50. The monoisotopic (exact) mass is 347 g/mol. The van der Waals surface area contributed by atoms with Gasteiger partial charge in [0.25, 0.3) is 0 Å². The van der Waals surface area contributed by atoms with Crippen molar-refractivity contribution >= 4 is 33.5 Å². The topological polar surface area (TPSA) is 66.4 Å². The second-order valence-electron chi connectivity index (χ2n) is 5.35. The van der Waals surface area contributed by atoms with Gasteiger partial charge >= 0.3 is 5.97 Å². The number of hydrogen-bond acceptors (Lipinski definition) is 2. The van der Waals surface area contributed by atoms with Crippen molar-refractivity contribution < 1.29 is 23.5 Å². The Bertz CT molecular complexity index is 604. The molecule has 2 atom stereocenters. The minimum Gasteiger partial charge on any atom is -0.481 e. The molecule has 1 saturated carbocycles. The molecule has 108 valence electrons. The summed E-state index contributed by atoms with van der Waals surface area (Å²) in [6.45, 7) is 3.32. The molecule has 2 unspecified atom stereocenters. The Kier molecular flexibility index (Phi) is 3.58. The van der Waals surface area contributed by atoms with Crippen LogP contribution in [0.1, 0.15) is 13.8 Å². The number of hydrogen-bond donors (Lipinski definition) is 2. The van der Waals surface area contributed by atoms with E-state index in [1.165, 1.54) is 0 Å². The van der Waals surface area contributed by atoms with Crippen molar-refractivity contribution in [1.29, 1.82) is 0 Å². The molecule has 1 aromatic rings. The lowest BCUT2D eigenvalue weighted by Gasteiger charge is -2.08. The van der Waals surface area contributed by atoms with Crippen LogP contribution in [-0.2, 0) is 9.59 Å². The molecule has 0 radical (unpaired) electrons. The van der Waals surface area contributed by atoms with Crippen molar-refractivity contribution in [3.63, 3.8) is 0 Å². The average molecular weight is 348 g/mol. The number of carbonyl (C=O) groups is 2. The van der Waals surface area contributed by atoms with E-state index in [4.69, 9.17) is 5.11 Å². The first-order valence-corrected chi connectivity index (χ1v) is 6.63. The van der Waals surface area contributed by atoms with Gasteiger partial charge in [-0.15, -0.1) is 0 Å². The maximum absolute atomic E-state index is 13.5. The molecule has 7 heteroatoms. The molecule has 2 N–H and O–H groups in total. The molecule has 0 saturated heterocycles. The van der Waals surface area contributed by atoms with Crippen LogP contribution in [0.3, 0.4) is 0 Å². The van der Waals surface area contributed by atoms with Crippen LogP contribution in [0.15, 0.2) is 16.6 Å². The first-order chi connectivity index (χ1) is 9.16. The number of carbonyl (C=O) groups excluding carboxylic acids is 1. The fourth-order valence-corrected chi connectivity index (χ4v) is 2.76. The van der Waals surface area contributed by atoms with Gasteiger partial charge in [0.1, 0.15) is 11.6 Å². The molecule has 0 aliphatic heterocycles. The zero-order chi connectivity index (χ0) is 15.2. The number of carboxylic acids is 1. The predicted octanol–water partition coefficient (Wildman–Crippen LogP) is 3.02. The standard InChI is InChI=1S/C13H12BrF2NO3/c1-13(2)9(10(13)12(19)20)11(18)17-8-3-5(14)6(15)4-7(8)16/h3-4,9-10H,1-2H3,(H,17,18)(H,19,20). The van der Waals surface area contributed by atoms with Gasteiger partial charge in [-0.25, -0.2) is 8.78 Å². The molecule has 1 fully saturated rings. The van der Waals surface area contributed by atoms with Gasteiger partial charge in [-0.1, -0.05) is 13.8 Å². The highest BCUT2D eigenvalue weighted by molar-refractivity contribution is 9.10. The summed E-state index contributed by atoms with van der Waals surface area (Å²) in [5.41, 5.74) is -0.862. The number of aliphatic carboxylic acids is 1. The molecular weight excluding hydrogens is 336 g/mol. The van der Waals surface area contributed by atoms with Gasteiger partial charge < -0.3 is 10.4 Å². The molecule has 0 spiro atoms. The van der Waals surface area contributed by atoms with Crippen LogP contribution in [0.25, 0.3) is 0 Å². The van der Waals surface area contributed by atoms with Crippen molar-refractivity contribution in [1.82, 2.24) is 0 Å². The van der Waals surface area contributed by atoms with Gasteiger partial charge in [0.2, 0.25) is 5.91 Å². The summed E-state index contributed by atoms with van der Waals surface area (Å²) in [5, 5.41) is 11.3. The summed E-state index contributed by atoms with van der Waals surface area (Å²) in [4.78, 5) is 23.0. The number of amides is 1. The number of rotatable bonds is 3. The molecule has 0 heterocycles. The van der Waals surface area contributed by atoms with Crippen LogP contribution in [0.4, 0.5) is 14.5 Å². The van der Waals surface area contributed by atoms with E-state index in [0.717, 1.165) is 6.07 Å². The van der Waals surface area contributed by atoms with E-state index in [-0.39, 0.29) is 10.2 Å². The van der Waals surface area contributed by atoms with Crippen LogP contribution in [-0.4, -0.2) is 17.0 Å². The van der Waals surface area contributed by atoms with Gasteiger partial charge in [-0.2, -0.15) is 0 Å². The summed E-state index contributed by atoms with van der Waals surface area (Å²) >= 11 is 2.89. The maximum atomic E-state index is 13.5. The van der Waals surface area contributed by atoms with E-state index in [1.54, 1.807) is 13.8 Å². The van der Waals surface area contributed by atoms with Crippen LogP contribution in [0.5, 0.6) is 0 Å². The van der Waals surface area contributed by atoms with Crippen LogP contribution in [0.2, 0.25) is 0 Å². The molecule has 20 heavy (non-hydrogen) atoms. The number of nitrogens with one attached hydrogen (secondary N) is 1. The van der Waals surface area contributed by atoms with Crippen molar-refractivity contribution in [3.05, 3.63) is 28.2 Å². The summed E-state index contributed by atoms with van der Waals surface area (Å²) in [5.74, 6) is -4.87. The van der Waals surface area contributed by atoms with Gasteiger partial charge in [0, 0.05) is 6.07 Å². The van der Waals surface area contributed by atoms with E-state index in [2.05, 4.69) is 21.2 Å². The lowest BCUT2D eigenvalue weighted by molar-refractivity contribution is -0.140. The van der Waals surface area contributed by atoms with E-state index in [1.807, 2.05) is 0 Å².